The lowest BCUT2D eigenvalue weighted by Crippen LogP contribution is -2.23. The lowest BCUT2D eigenvalue weighted by Gasteiger charge is -2.19. The molecule has 0 aliphatic heterocycles. The molecule has 0 rings (SSSR count). The van der Waals surface area contributed by atoms with Crippen LogP contribution in [0.3, 0.4) is 0 Å². The minimum atomic E-state index is 0.455. The number of nitrogens with two attached hydrogens (primary N) is 1. The Labute approximate surface area is 90.5 Å². The summed E-state index contributed by atoms with van der Waals surface area (Å²) in [4.78, 5) is 0. The molecule has 14 heavy (non-hydrogen) atoms. The highest BCUT2D eigenvalue weighted by molar-refractivity contribution is 4.67. The Bertz CT molecular complexity index is 112. The van der Waals surface area contributed by atoms with E-state index >= 15 is 0 Å². The highest BCUT2D eigenvalue weighted by atomic mass is 14.6. The van der Waals surface area contributed by atoms with Crippen LogP contribution in [0.15, 0.2) is 0 Å². The van der Waals surface area contributed by atoms with Gasteiger partial charge in [-0.1, -0.05) is 59.3 Å². The molecule has 0 aromatic rings. The van der Waals surface area contributed by atoms with Gasteiger partial charge in [0.25, 0.3) is 0 Å². The third kappa shape index (κ3) is 7.37. The summed E-state index contributed by atoms with van der Waals surface area (Å²) in [6, 6.07) is 0.455. The monoisotopic (exact) mass is 199 g/mol. The van der Waals surface area contributed by atoms with E-state index in [1.54, 1.807) is 0 Å². The van der Waals surface area contributed by atoms with Crippen molar-refractivity contribution in [1.82, 2.24) is 0 Å². The van der Waals surface area contributed by atoms with Gasteiger partial charge in [-0.3, -0.25) is 0 Å². The number of hydrogen-bond donors (Lipinski definition) is 1. The molecule has 0 spiro atoms. The molecule has 2 N–H and O–H groups in total. The molecule has 0 aromatic carbocycles. The Morgan fingerprint density at radius 2 is 1.50 bits per heavy atom. The number of rotatable bonds is 9. The van der Waals surface area contributed by atoms with Gasteiger partial charge in [-0.15, -0.1) is 0 Å². The average Bonchev–Trinajstić information content (AvgIpc) is 2.21. The summed E-state index contributed by atoms with van der Waals surface area (Å²) in [6.45, 7) is 6.80. The van der Waals surface area contributed by atoms with E-state index in [-0.39, 0.29) is 0 Å². The first-order valence-electron chi connectivity index (χ1n) is 6.50. The van der Waals surface area contributed by atoms with Crippen molar-refractivity contribution >= 4 is 0 Å². The molecule has 0 fully saturated rings. The third-order valence-corrected chi connectivity index (χ3v) is 3.11. The highest BCUT2D eigenvalue weighted by Crippen LogP contribution is 2.19. The van der Waals surface area contributed by atoms with Crippen LogP contribution in [0.1, 0.15) is 72.1 Å². The summed E-state index contributed by atoms with van der Waals surface area (Å²) in [5.74, 6) is 0.877. The summed E-state index contributed by atoms with van der Waals surface area (Å²) in [5.41, 5.74) is 6.11. The molecular formula is C13H29N. The largest absolute Gasteiger partial charge is 0.328 e. The minimum absolute atomic E-state index is 0.455. The summed E-state index contributed by atoms with van der Waals surface area (Å²) in [7, 11) is 0. The van der Waals surface area contributed by atoms with Crippen LogP contribution in [-0.4, -0.2) is 6.04 Å². The van der Waals surface area contributed by atoms with E-state index in [2.05, 4.69) is 20.8 Å². The van der Waals surface area contributed by atoms with Gasteiger partial charge in [0.1, 0.15) is 0 Å². The highest BCUT2D eigenvalue weighted by Gasteiger charge is 2.10. The van der Waals surface area contributed by atoms with Gasteiger partial charge in [0, 0.05) is 6.04 Å². The fraction of sp³-hybridized carbons (Fsp3) is 1.00. The van der Waals surface area contributed by atoms with Crippen LogP contribution >= 0.6 is 0 Å². The molecule has 0 aliphatic rings. The molecule has 0 bridgehead atoms. The van der Waals surface area contributed by atoms with Crippen LogP contribution in [0.25, 0.3) is 0 Å². The standard InChI is InChI=1S/C13H29N/c1-4-7-9-12(6-3)11-13(14)10-8-5-2/h12-13H,4-11,14H2,1-3H3. The van der Waals surface area contributed by atoms with Crippen LogP contribution in [0.2, 0.25) is 0 Å². The zero-order chi connectivity index (χ0) is 10.8. The smallest absolute Gasteiger partial charge is 0.00414 e. The molecule has 0 saturated carbocycles. The van der Waals surface area contributed by atoms with Gasteiger partial charge in [0.15, 0.2) is 0 Å². The van der Waals surface area contributed by atoms with Crippen molar-refractivity contribution in [3.8, 4) is 0 Å². The molecule has 2 unspecified atom stereocenters. The fourth-order valence-corrected chi connectivity index (χ4v) is 1.99. The summed E-state index contributed by atoms with van der Waals surface area (Å²) < 4.78 is 0. The molecular weight excluding hydrogens is 170 g/mol. The van der Waals surface area contributed by atoms with E-state index < -0.39 is 0 Å². The Morgan fingerprint density at radius 1 is 0.929 bits per heavy atom. The lowest BCUT2D eigenvalue weighted by molar-refractivity contribution is 0.371. The van der Waals surface area contributed by atoms with Crippen LogP contribution in [-0.2, 0) is 0 Å². The maximum Gasteiger partial charge on any atom is 0.00414 e. The van der Waals surface area contributed by atoms with Crippen molar-refractivity contribution in [2.24, 2.45) is 11.7 Å². The maximum atomic E-state index is 6.11. The van der Waals surface area contributed by atoms with E-state index in [4.69, 9.17) is 5.73 Å². The second-order valence-corrected chi connectivity index (χ2v) is 4.55. The fourth-order valence-electron chi connectivity index (χ4n) is 1.99. The van der Waals surface area contributed by atoms with Gasteiger partial charge in [-0.25, -0.2) is 0 Å². The van der Waals surface area contributed by atoms with Crippen molar-refractivity contribution in [2.75, 3.05) is 0 Å². The first kappa shape index (κ1) is 14.0. The van der Waals surface area contributed by atoms with Crippen LogP contribution in [0.4, 0.5) is 0 Å². The predicted octanol–water partition coefficient (Wildman–Crippen LogP) is 4.11. The van der Waals surface area contributed by atoms with Crippen LogP contribution in [0, 0.1) is 5.92 Å². The third-order valence-electron chi connectivity index (χ3n) is 3.11. The van der Waals surface area contributed by atoms with Gasteiger partial charge in [-0.05, 0) is 18.8 Å². The summed E-state index contributed by atoms with van der Waals surface area (Å²) in [5, 5.41) is 0. The van der Waals surface area contributed by atoms with Crippen molar-refractivity contribution in [1.29, 1.82) is 0 Å². The van der Waals surface area contributed by atoms with E-state index in [0.717, 1.165) is 5.92 Å². The molecule has 1 nitrogen and oxygen atoms in total. The van der Waals surface area contributed by atoms with Crippen LogP contribution in [0.5, 0.6) is 0 Å². The Morgan fingerprint density at radius 3 is 2.00 bits per heavy atom. The molecule has 0 aromatic heterocycles. The van der Waals surface area contributed by atoms with Crippen molar-refractivity contribution in [3.63, 3.8) is 0 Å². The SMILES string of the molecule is CCCCC(N)CC(CC)CCCC. The van der Waals surface area contributed by atoms with E-state index in [9.17, 15) is 0 Å². The molecule has 0 heterocycles. The van der Waals surface area contributed by atoms with Gasteiger partial charge >= 0.3 is 0 Å². The minimum Gasteiger partial charge on any atom is -0.328 e. The summed E-state index contributed by atoms with van der Waals surface area (Å²) >= 11 is 0. The van der Waals surface area contributed by atoms with Gasteiger partial charge in [0.05, 0.1) is 0 Å². The Hall–Kier alpha value is -0.0400. The van der Waals surface area contributed by atoms with Crippen molar-refractivity contribution < 1.29 is 0 Å². The molecule has 0 radical (unpaired) electrons. The molecule has 0 amide bonds. The zero-order valence-electron chi connectivity index (χ0n) is 10.4. The Balaban J connectivity index is 3.57. The van der Waals surface area contributed by atoms with E-state index in [0.29, 0.717) is 6.04 Å². The van der Waals surface area contributed by atoms with Gasteiger partial charge < -0.3 is 5.73 Å². The quantitative estimate of drug-likeness (QED) is 0.594. The zero-order valence-corrected chi connectivity index (χ0v) is 10.4. The average molecular weight is 199 g/mol. The molecule has 0 saturated heterocycles. The first-order chi connectivity index (χ1) is 6.74. The summed E-state index contributed by atoms with van der Waals surface area (Å²) in [6.07, 6.45) is 10.4. The topological polar surface area (TPSA) is 26.0 Å². The first-order valence-corrected chi connectivity index (χ1v) is 6.50. The van der Waals surface area contributed by atoms with Crippen molar-refractivity contribution in [2.45, 2.75) is 78.2 Å². The van der Waals surface area contributed by atoms with Crippen LogP contribution < -0.4 is 5.73 Å². The Kier molecular flexibility index (Phi) is 9.49. The molecule has 2 atom stereocenters. The molecule has 0 aliphatic carbocycles. The molecule has 86 valence electrons. The normalized spacial score (nSPS) is 15.4. The molecule has 1 heteroatoms. The predicted molar refractivity (Wildman–Crippen MR) is 65.4 cm³/mol. The van der Waals surface area contributed by atoms with Gasteiger partial charge in [-0.2, -0.15) is 0 Å². The van der Waals surface area contributed by atoms with Gasteiger partial charge in [0.2, 0.25) is 0 Å². The van der Waals surface area contributed by atoms with E-state index in [1.807, 2.05) is 0 Å². The lowest BCUT2D eigenvalue weighted by atomic mass is 9.90. The second kappa shape index (κ2) is 9.51. The van der Waals surface area contributed by atoms with E-state index in [1.165, 1.54) is 51.4 Å². The number of hydrogen-bond acceptors (Lipinski definition) is 1. The van der Waals surface area contributed by atoms with Crippen molar-refractivity contribution in [3.05, 3.63) is 0 Å². The maximum absolute atomic E-state index is 6.11. The second-order valence-electron chi connectivity index (χ2n) is 4.55. The number of unbranched alkanes of at least 4 members (excludes halogenated alkanes) is 2.